The van der Waals surface area contributed by atoms with Crippen molar-refractivity contribution < 1.29 is 13.2 Å². The van der Waals surface area contributed by atoms with Gasteiger partial charge in [0.1, 0.15) is 5.01 Å². The summed E-state index contributed by atoms with van der Waals surface area (Å²) in [7, 11) is -3.72. The summed E-state index contributed by atoms with van der Waals surface area (Å²) in [5.41, 5.74) is 3.32. The minimum atomic E-state index is -3.72. The second-order valence-electron chi connectivity index (χ2n) is 5.79. The zero-order valence-electron chi connectivity index (χ0n) is 14.0. The zero-order chi connectivity index (χ0) is 18.7. The summed E-state index contributed by atoms with van der Waals surface area (Å²) in [6.07, 6.45) is 0.174. The Morgan fingerprint density at radius 3 is 2.38 bits per heavy atom. The summed E-state index contributed by atoms with van der Waals surface area (Å²) < 4.78 is 22.6. The molecular weight excluding hydrogens is 370 g/mol. The van der Waals surface area contributed by atoms with Gasteiger partial charge < -0.3 is 5.32 Å². The third kappa shape index (κ3) is 4.54. The standard InChI is InChI=1S/C18H17N3O3S2/c1-12-2-6-14(7-3-12)20-17(22)10-18-21-16(11-25-18)13-4-8-15(9-5-13)26(19,23)24/h2-9,11H,10H2,1H3,(H,20,22)(H2,19,23,24). The van der Waals surface area contributed by atoms with Crippen LogP contribution in [0.2, 0.25) is 0 Å². The Labute approximate surface area is 155 Å². The maximum Gasteiger partial charge on any atom is 0.238 e. The monoisotopic (exact) mass is 387 g/mol. The molecule has 0 aliphatic rings. The van der Waals surface area contributed by atoms with Crippen LogP contribution < -0.4 is 10.5 Å². The van der Waals surface area contributed by atoms with Gasteiger partial charge in [-0.15, -0.1) is 11.3 Å². The van der Waals surface area contributed by atoms with Crippen LogP contribution in [-0.4, -0.2) is 19.3 Å². The number of thiazole rings is 1. The summed E-state index contributed by atoms with van der Waals surface area (Å²) in [4.78, 5) is 16.6. The van der Waals surface area contributed by atoms with Gasteiger partial charge in [-0.1, -0.05) is 29.8 Å². The molecule has 0 radical (unpaired) electrons. The SMILES string of the molecule is Cc1ccc(NC(=O)Cc2nc(-c3ccc(S(N)(=O)=O)cc3)cs2)cc1. The number of aryl methyl sites for hydroxylation is 1. The largest absolute Gasteiger partial charge is 0.326 e. The smallest absolute Gasteiger partial charge is 0.238 e. The number of nitrogens with zero attached hydrogens (tertiary/aromatic N) is 1. The molecule has 3 rings (SSSR count). The van der Waals surface area contributed by atoms with Crippen molar-refractivity contribution in [2.24, 2.45) is 5.14 Å². The Bertz CT molecular complexity index is 1020. The molecule has 0 aliphatic heterocycles. The number of amides is 1. The average molecular weight is 387 g/mol. The van der Waals surface area contributed by atoms with Gasteiger partial charge in [-0.2, -0.15) is 0 Å². The van der Waals surface area contributed by atoms with E-state index in [-0.39, 0.29) is 17.2 Å². The highest BCUT2D eigenvalue weighted by Gasteiger charge is 2.11. The Morgan fingerprint density at radius 1 is 1.12 bits per heavy atom. The van der Waals surface area contributed by atoms with Gasteiger partial charge in [0.15, 0.2) is 0 Å². The predicted octanol–water partition coefficient (Wildman–Crippen LogP) is 2.95. The molecule has 1 amide bonds. The number of anilines is 1. The van der Waals surface area contributed by atoms with Crippen molar-refractivity contribution in [1.82, 2.24) is 4.98 Å². The topological polar surface area (TPSA) is 102 Å². The number of primary sulfonamides is 1. The van der Waals surface area contributed by atoms with Crippen molar-refractivity contribution >= 4 is 33.0 Å². The lowest BCUT2D eigenvalue weighted by Crippen LogP contribution is -2.14. The molecule has 8 heteroatoms. The van der Waals surface area contributed by atoms with E-state index < -0.39 is 10.0 Å². The molecule has 0 saturated heterocycles. The number of rotatable bonds is 5. The van der Waals surface area contributed by atoms with E-state index in [2.05, 4.69) is 10.3 Å². The summed E-state index contributed by atoms with van der Waals surface area (Å²) in [5.74, 6) is -0.140. The minimum absolute atomic E-state index is 0.0502. The molecule has 1 aromatic heterocycles. The maximum atomic E-state index is 12.1. The zero-order valence-corrected chi connectivity index (χ0v) is 15.6. The van der Waals surface area contributed by atoms with Crippen LogP contribution >= 0.6 is 11.3 Å². The van der Waals surface area contributed by atoms with Crippen LogP contribution in [-0.2, 0) is 21.2 Å². The lowest BCUT2D eigenvalue weighted by atomic mass is 10.2. The van der Waals surface area contributed by atoms with Gasteiger partial charge in [-0.25, -0.2) is 18.5 Å². The van der Waals surface area contributed by atoms with E-state index in [1.807, 2.05) is 36.6 Å². The summed E-state index contributed by atoms with van der Waals surface area (Å²) in [5, 5.41) is 10.4. The van der Waals surface area contributed by atoms with E-state index in [0.29, 0.717) is 10.7 Å². The van der Waals surface area contributed by atoms with Crippen LogP contribution in [0.5, 0.6) is 0 Å². The third-order valence-electron chi connectivity index (χ3n) is 3.68. The molecule has 26 heavy (non-hydrogen) atoms. The summed E-state index contributed by atoms with van der Waals surface area (Å²) >= 11 is 1.38. The fourth-order valence-corrected chi connectivity index (χ4v) is 3.64. The van der Waals surface area contributed by atoms with Crippen LogP contribution in [0.15, 0.2) is 58.8 Å². The second kappa shape index (κ2) is 7.36. The quantitative estimate of drug-likeness (QED) is 0.702. The first-order valence-electron chi connectivity index (χ1n) is 7.75. The van der Waals surface area contributed by atoms with E-state index in [9.17, 15) is 13.2 Å². The Hall–Kier alpha value is -2.55. The fraction of sp³-hybridized carbons (Fsp3) is 0.111. The molecule has 1 heterocycles. The van der Waals surface area contributed by atoms with Gasteiger partial charge in [0.05, 0.1) is 17.0 Å². The summed E-state index contributed by atoms with van der Waals surface area (Å²) in [6, 6.07) is 13.7. The first kappa shape index (κ1) is 18.2. The van der Waals surface area contributed by atoms with Crippen molar-refractivity contribution in [3.05, 3.63) is 64.5 Å². The number of hydrogen-bond acceptors (Lipinski definition) is 5. The van der Waals surface area contributed by atoms with Crippen LogP contribution in [0.1, 0.15) is 10.6 Å². The molecule has 6 nitrogen and oxygen atoms in total. The normalized spacial score (nSPS) is 11.3. The highest BCUT2D eigenvalue weighted by molar-refractivity contribution is 7.89. The van der Waals surface area contributed by atoms with Gasteiger partial charge in [-0.3, -0.25) is 4.79 Å². The van der Waals surface area contributed by atoms with Gasteiger partial charge in [0.25, 0.3) is 0 Å². The van der Waals surface area contributed by atoms with Gasteiger partial charge in [0.2, 0.25) is 15.9 Å². The number of nitrogens with two attached hydrogens (primary N) is 1. The van der Waals surface area contributed by atoms with Crippen LogP contribution in [0.4, 0.5) is 5.69 Å². The molecule has 0 aliphatic carbocycles. The Morgan fingerprint density at radius 2 is 1.77 bits per heavy atom. The van der Waals surface area contributed by atoms with Crippen molar-refractivity contribution in [3.8, 4) is 11.3 Å². The number of carbonyl (C=O) groups is 1. The molecular formula is C18H17N3O3S2. The van der Waals surface area contributed by atoms with E-state index in [1.54, 1.807) is 12.1 Å². The summed E-state index contributed by atoms with van der Waals surface area (Å²) in [6.45, 7) is 1.98. The van der Waals surface area contributed by atoms with Crippen molar-refractivity contribution in [2.45, 2.75) is 18.2 Å². The molecule has 134 valence electrons. The Kier molecular flexibility index (Phi) is 5.17. The first-order chi connectivity index (χ1) is 12.3. The van der Waals surface area contributed by atoms with Crippen molar-refractivity contribution in [2.75, 3.05) is 5.32 Å². The van der Waals surface area contributed by atoms with Crippen LogP contribution in [0, 0.1) is 6.92 Å². The highest BCUT2D eigenvalue weighted by Crippen LogP contribution is 2.23. The molecule has 0 unspecified atom stereocenters. The number of aromatic nitrogens is 1. The van der Waals surface area contributed by atoms with Crippen LogP contribution in [0.3, 0.4) is 0 Å². The average Bonchev–Trinajstić information content (AvgIpc) is 3.04. The van der Waals surface area contributed by atoms with E-state index in [1.165, 1.54) is 23.5 Å². The van der Waals surface area contributed by atoms with Gasteiger partial charge >= 0.3 is 0 Å². The molecule has 0 saturated carbocycles. The maximum absolute atomic E-state index is 12.1. The number of hydrogen-bond donors (Lipinski definition) is 2. The third-order valence-corrected chi connectivity index (χ3v) is 5.46. The predicted molar refractivity (Wildman–Crippen MR) is 102 cm³/mol. The molecule has 3 N–H and O–H groups in total. The molecule has 0 fully saturated rings. The highest BCUT2D eigenvalue weighted by atomic mass is 32.2. The van der Waals surface area contributed by atoms with Gasteiger partial charge in [-0.05, 0) is 31.2 Å². The van der Waals surface area contributed by atoms with E-state index in [4.69, 9.17) is 5.14 Å². The number of nitrogens with one attached hydrogen (secondary N) is 1. The number of carbonyl (C=O) groups excluding carboxylic acids is 1. The fourth-order valence-electron chi connectivity index (χ4n) is 2.32. The molecule has 0 bridgehead atoms. The molecule has 0 spiro atoms. The Balaban J connectivity index is 1.67. The van der Waals surface area contributed by atoms with E-state index >= 15 is 0 Å². The van der Waals surface area contributed by atoms with E-state index in [0.717, 1.165) is 16.8 Å². The molecule has 2 aromatic carbocycles. The lowest BCUT2D eigenvalue weighted by Gasteiger charge is -2.04. The number of benzene rings is 2. The first-order valence-corrected chi connectivity index (χ1v) is 10.2. The minimum Gasteiger partial charge on any atom is -0.326 e. The van der Waals surface area contributed by atoms with Crippen LogP contribution in [0.25, 0.3) is 11.3 Å². The van der Waals surface area contributed by atoms with Gasteiger partial charge in [0, 0.05) is 16.6 Å². The van der Waals surface area contributed by atoms with Crippen molar-refractivity contribution in [1.29, 1.82) is 0 Å². The molecule has 0 atom stereocenters. The lowest BCUT2D eigenvalue weighted by molar-refractivity contribution is -0.115. The second-order valence-corrected chi connectivity index (χ2v) is 8.29. The van der Waals surface area contributed by atoms with Crippen molar-refractivity contribution in [3.63, 3.8) is 0 Å². The molecule has 3 aromatic rings. The number of sulfonamides is 1.